The van der Waals surface area contributed by atoms with Gasteiger partial charge >= 0.3 is 5.97 Å². The molecule has 2 N–H and O–H groups in total. The molecule has 1 aliphatic carbocycles. The Balaban J connectivity index is 2.07. The number of amides is 1. The van der Waals surface area contributed by atoms with Crippen LogP contribution in [0.5, 0.6) is 0 Å². The van der Waals surface area contributed by atoms with Crippen molar-refractivity contribution in [2.75, 3.05) is 0 Å². The van der Waals surface area contributed by atoms with Crippen molar-refractivity contribution in [3.05, 3.63) is 35.9 Å². The van der Waals surface area contributed by atoms with Gasteiger partial charge in [0.1, 0.15) is 0 Å². The lowest BCUT2D eigenvalue weighted by Gasteiger charge is -2.17. The van der Waals surface area contributed by atoms with Gasteiger partial charge in [-0.05, 0) is 18.4 Å². The first kappa shape index (κ1) is 12.6. The van der Waals surface area contributed by atoms with Gasteiger partial charge in [-0.1, -0.05) is 43.2 Å². The lowest BCUT2D eigenvalue weighted by molar-refractivity contribution is -0.142. The van der Waals surface area contributed by atoms with Gasteiger partial charge in [-0.15, -0.1) is 0 Å². The van der Waals surface area contributed by atoms with Crippen LogP contribution in [0.15, 0.2) is 30.3 Å². The summed E-state index contributed by atoms with van der Waals surface area (Å²) in [6.45, 7) is 0. The van der Waals surface area contributed by atoms with Crippen molar-refractivity contribution in [3.63, 3.8) is 0 Å². The van der Waals surface area contributed by atoms with E-state index < -0.39 is 12.0 Å². The summed E-state index contributed by atoms with van der Waals surface area (Å²) in [4.78, 5) is 23.2. The van der Waals surface area contributed by atoms with E-state index in [4.69, 9.17) is 0 Å². The topological polar surface area (TPSA) is 66.4 Å². The molecule has 0 unspecified atom stereocenters. The van der Waals surface area contributed by atoms with Crippen molar-refractivity contribution in [2.45, 2.75) is 31.7 Å². The Hall–Kier alpha value is -1.84. The Morgan fingerprint density at radius 3 is 2.33 bits per heavy atom. The molecule has 1 saturated carbocycles. The third kappa shape index (κ3) is 2.88. The van der Waals surface area contributed by atoms with Crippen LogP contribution >= 0.6 is 0 Å². The van der Waals surface area contributed by atoms with Crippen LogP contribution in [0.1, 0.15) is 37.3 Å². The highest BCUT2D eigenvalue weighted by molar-refractivity contribution is 5.85. The van der Waals surface area contributed by atoms with Gasteiger partial charge in [0, 0.05) is 5.92 Å². The minimum atomic E-state index is -1.02. The number of hydrogen-bond donors (Lipinski definition) is 2. The van der Waals surface area contributed by atoms with E-state index in [1.165, 1.54) is 0 Å². The molecule has 2 rings (SSSR count). The summed E-state index contributed by atoms with van der Waals surface area (Å²) >= 11 is 0. The number of hydrogen-bond acceptors (Lipinski definition) is 2. The SMILES string of the molecule is O=C(N[C@@H](C(=O)O)c1ccccc1)C1CCCC1. The molecule has 1 fully saturated rings. The van der Waals surface area contributed by atoms with Gasteiger partial charge < -0.3 is 10.4 Å². The van der Waals surface area contributed by atoms with Crippen molar-refractivity contribution in [3.8, 4) is 0 Å². The molecule has 0 aliphatic heterocycles. The molecule has 4 nitrogen and oxygen atoms in total. The van der Waals surface area contributed by atoms with Gasteiger partial charge in [0.05, 0.1) is 0 Å². The molecule has 18 heavy (non-hydrogen) atoms. The molecular weight excluding hydrogens is 230 g/mol. The molecule has 1 atom stereocenters. The van der Waals surface area contributed by atoms with E-state index in [1.807, 2.05) is 6.07 Å². The van der Waals surface area contributed by atoms with Crippen LogP contribution in [-0.2, 0) is 9.59 Å². The van der Waals surface area contributed by atoms with Crippen molar-refractivity contribution < 1.29 is 14.7 Å². The van der Waals surface area contributed by atoms with Crippen molar-refractivity contribution >= 4 is 11.9 Å². The summed E-state index contributed by atoms with van der Waals surface area (Å²) in [5.74, 6) is -1.17. The van der Waals surface area contributed by atoms with Crippen molar-refractivity contribution in [2.24, 2.45) is 5.92 Å². The molecule has 1 aromatic carbocycles. The molecule has 0 bridgehead atoms. The number of carboxylic acid groups (broad SMARTS) is 1. The summed E-state index contributed by atoms with van der Waals surface area (Å²) < 4.78 is 0. The molecule has 4 heteroatoms. The van der Waals surface area contributed by atoms with Crippen LogP contribution in [0.4, 0.5) is 0 Å². The Bertz CT molecular complexity index is 424. The highest BCUT2D eigenvalue weighted by Crippen LogP contribution is 2.25. The third-order valence-electron chi connectivity index (χ3n) is 3.39. The fourth-order valence-electron chi connectivity index (χ4n) is 2.38. The number of benzene rings is 1. The second kappa shape index (κ2) is 5.67. The Kier molecular flexibility index (Phi) is 3.97. The van der Waals surface area contributed by atoms with Gasteiger partial charge in [0.25, 0.3) is 0 Å². The molecule has 0 heterocycles. The number of carbonyl (C=O) groups excluding carboxylic acids is 1. The van der Waals surface area contributed by atoms with E-state index in [1.54, 1.807) is 24.3 Å². The maximum atomic E-state index is 12.0. The number of rotatable bonds is 4. The van der Waals surface area contributed by atoms with Crippen LogP contribution in [0, 0.1) is 5.92 Å². The largest absolute Gasteiger partial charge is 0.479 e. The van der Waals surface area contributed by atoms with Crippen LogP contribution in [-0.4, -0.2) is 17.0 Å². The molecule has 96 valence electrons. The lowest BCUT2D eigenvalue weighted by atomic mass is 10.0. The Labute approximate surface area is 106 Å². The molecule has 0 saturated heterocycles. The zero-order chi connectivity index (χ0) is 13.0. The molecule has 0 aromatic heterocycles. The van der Waals surface area contributed by atoms with E-state index in [0.717, 1.165) is 25.7 Å². The number of carboxylic acids is 1. The fourth-order valence-corrected chi connectivity index (χ4v) is 2.38. The van der Waals surface area contributed by atoms with E-state index in [2.05, 4.69) is 5.32 Å². The van der Waals surface area contributed by atoms with Crippen LogP contribution < -0.4 is 5.32 Å². The Morgan fingerprint density at radius 1 is 1.17 bits per heavy atom. The second-order valence-corrected chi connectivity index (χ2v) is 4.67. The first-order valence-corrected chi connectivity index (χ1v) is 6.26. The standard InChI is InChI=1S/C14H17NO3/c16-13(11-8-4-5-9-11)15-12(14(17)18)10-6-2-1-3-7-10/h1-3,6-7,11-12H,4-5,8-9H2,(H,15,16)(H,17,18)/t12-/m1/s1. The van der Waals surface area contributed by atoms with E-state index >= 15 is 0 Å². The molecule has 1 amide bonds. The van der Waals surface area contributed by atoms with E-state index in [9.17, 15) is 14.7 Å². The Morgan fingerprint density at radius 2 is 1.78 bits per heavy atom. The smallest absolute Gasteiger partial charge is 0.330 e. The average Bonchev–Trinajstić information content (AvgIpc) is 2.90. The quantitative estimate of drug-likeness (QED) is 0.856. The van der Waals surface area contributed by atoms with Gasteiger partial charge in [0.15, 0.2) is 6.04 Å². The molecule has 1 aromatic rings. The highest BCUT2D eigenvalue weighted by atomic mass is 16.4. The summed E-state index contributed by atoms with van der Waals surface area (Å²) in [5, 5.41) is 11.8. The molecule has 0 radical (unpaired) electrons. The maximum Gasteiger partial charge on any atom is 0.330 e. The second-order valence-electron chi connectivity index (χ2n) is 4.67. The van der Waals surface area contributed by atoms with Gasteiger partial charge in [-0.3, -0.25) is 4.79 Å². The first-order chi connectivity index (χ1) is 8.68. The summed E-state index contributed by atoms with van der Waals surface area (Å²) in [7, 11) is 0. The van der Waals surface area contributed by atoms with Gasteiger partial charge in [0.2, 0.25) is 5.91 Å². The molecule has 1 aliphatic rings. The summed E-state index contributed by atoms with van der Waals surface area (Å²) in [6, 6.07) is 7.85. The van der Waals surface area contributed by atoms with Crippen LogP contribution in [0.3, 0.4) is 0 Å². The monoisotopic (exact) mass is 247 g/mol. The molecule has 0 spiro atoms. The van der Waals surface area contributed by atoms with Crippen molar-refractivity contribution in [1.29, 1.82) is 0 Å². The van der Waals surface area contributed by atoms with E-state index in [0.29, 0.717) is 5.56 Å². The van der Waals surface area contributed by atoms with Crippen LogP contribution in [0.25, 0.3) is 0 Å². The number of aliphatic carboxylic acids is 1. The molecular formula is C14H17NO3. The zero-order valence-corrected chi connectivity index (χ0v) is 10.1. The third-order valence-corrected chi connectivity index (χ3v) is 3.39. The highest BCUT2D eigenvalue weighted by Gasteiger charge is 2.28. The van der Waals surface area contributed by atoms with Gasteiger partial charge in [-0.2, -0.15) is 0 Å². The minimum Gasteiger partial charge on any atom is -0.479 e. The van der Waals surface area contributed by atoms with E-state index in [-0.39, 0.29) is 11.8 Å². The van der Waals surface area contributed by atoms with Crippen LogP contribution in [0.2, 0.25) is 0 Å². The normalized spacial score (nSPS) is 17.3. The number of nitrogens with one attached hydrogen (secondary N) is 1. The fraction of sp³-hybridized carbons (Fsp3) is 0.429. The maximum absolute atomic E-state index is 12.0. The predicted octanol–water partition coefficient (Wildman–Crippen LogP) is 2.12. The average molecular weight is 247 g/mol. The summed E-state index contributed by atoms with van der Waals surface area (Å²) in [6.07, 6.45) is 3.85. The minimum absolute atomic E-state index is 0.0180. The number of carbonyl (C=O) groups is 2. The summed E-state index contributed by atoms with van der Waals surface area (Å²) in [5.41, 5.74) is 0.608. The first-order valence-electron chi connectivity index (χ1n) is 6.26. The van der Waals surface area contributed by atoms with Gasteiger partial charge in [-0.25, -0.2) is 4.79 Å². The van der Waals surface area contributed by atoms with Crippen molar-refractivity contribution in [1.82, 2.24) is 5.32 Å². The zero-order valence-electron chi connectivity index (χ0n) is 10.1. The lowest BCUT2D eigenvalue weighted by Crippen LogP contribution is -2.37. The predicted molar refractivity (Wildman–Crippen MR) is 66.9 cm³/mol.